The van der Waals surface area contributed by atoms with Gasteiger partial charge in [-0.25, -0.2) is 8.42 Å². The first-order chi connectivity index (χ1) is 11.3. The molecule has 9 heteroatoms. The minimum absolute atomic E-state index is 0.0273. The van der Waals surface area contributed by atoms with Gasteiger partial charge in [-0.3, -0.25) is 9.52 Å². The molecule has 0 saturated heterocycles. The van der Waals surface area contributed by atoms with Gasteiger partial charge in [-0.15, -0.1) is 10.2 Å². The van der Waals surface area contributed by atoms with Crippen LogP contribution in [0.4, 0.5) is 11.5 Å². The van der Waals surface area contributed by atoms with Crippen molar-refractivity contribution >= 4 is 39.0 Å². The molecule has 1 heterocycles. The molecule has 0 radical (unpaired) electrons. The van der Waals surface area contributed by atoms with E-state index < -0.39 is 10.0 Å². The number of aromatic nitrogens is 2. The van der Waals surface area contributed by atoms with Crippen LogP contribution in [-0.4, -0.2) is 24.5 Å². The van der Waals surface area contributed by atoms with Crippen molar-refractivity contribution in [2.75, 3.05) is 10.0 Å². The molecule has 0 aliphatic heterocycles. The molecule has 2 aromatic rings. The fraction of sp³-hybridized carbons (Fsp3) is 0.133. The number of carbonyl (C=O) groups is 1. The second-order valence-electron chi connectivity index (χ2n) is 5.08. The predicted molar refractivity (Wildman–Crippen MR) is 92.4 cm³/mol. The van der Waals surface area contributed by atoms with Gasteiger partial charge in [0.15, 0.2) is 11.0 Å². The normalized spacial score (nSPS) is 10.8. The molecule has 0 aliphatic carbocycles. The largest absolute Gasteiger partial charge is 0.323 e. The highest BCUT2D eigenvalue weighted by atomic mass is 35.5. The monoisotopic (exact) mass is 366 g/mol. The number of hydrogen-bond donors (Lipinski definition) is 2. The summed E-state index contributed by atoms with van der Waals surface area (Å²) < 4.78 is 26.8. The topological polar surface area (TPSA) is 101 Å². The van der Waals surface area contributed by atoms with E-state index in [9.17, 15) is 13.2 Å². The van der Waals surface area contributed by atoms with Crippen LogP contribution in [0.1, 0.15) is 13.8 Å². The molecular weight excluding hydrogens is 352 g/mol. The summed E-state index contributed by atoms with van der Waals surface area (Å²) in [6, 6.07) is 8.58. The zero-order valence-electron chi connectivity index (χ0n) is 12.9. The van der Waals surface area contributed by atoms with E-state index in [-0.39, 0.29) is 21.8 Å². The third-order valence-corrected chi connectivity index (χ3v) is 4.30. The molecule has 0 fully saturated rings. The third-order valence-electron chi connectivity index (χ3n) is 2.72. The average molecular weight is 367 g/mol. The Hall–Kier alpha value is -2.45. The minimum Gasteiger partial charge on any atom is -0.323 e. The van der Waals surface area contributed by atoms with E-state index in [1.165, 1.54) is 42.5 Å². The Balaban J connectivity index is 2.12. The van der Waals surface area contributed by atoms with Crippen LogP contribution in [0.25, 0.3) is 0 Å². The minimum atomic E-state index is -3.81. The molecule has 126 valence electrons. The van der Waals surface area contributed by atoms with E-state index >= 15 is 0 Å². The van der Waals surface area contributed by atoms with Crippen molar-refractivity contribution in [2.24, 2.45) is 0 Å². The Morgan fingerprint density at radius 3 is 2.29 bits per heavy atom. The van der Waals surface area contributed by atoms with E-state index in [1.807, 2.05) is 0 Å². The number of halogens is 1. The highest BCUT2D eigenvalue weighted by Gasteiger charge is 2.15. The van der Waals surface area contributed by atoms with Gasteiger partial charge in [-0.05, 0) is 50.2 Å². The molecule has 1 aromatic heterocycles. The highest BCUT2D eigenvalue weighted by molar-refractivity contribution is 7.92. The average Bonchev–Trinajstić information content (AvgIpc) is 2.49. The van der Waals surface area contributed by atoms with Crippen molar-refractivity contribution in [1.29, 1.82) is 0 Å². The molecule has 24 heavy (non-hydrogen) atoms. The van der Waals surface area contributed by atoms with Crippen molar-refractivity contribution in [2.45, 2.75) is 18.7 Å². The lowest BCUT2D eigenvalue weighted by Gasteiger charge is -2.08. The van der Waals surface area contributed by atoms with Crippen LogP contribution in [0.5, 0.6) is 0 Å². The number of amides is 1. The van der Waals surface area contributed by atoms with Crippen LogP contribution in [-0.2, 0) is 14.8 Å². The van der Waals surface area contributed by atoms with Crippen molar-refractivity contribution in [3.63, 3.8) is 0 Å². The number of rotatable bonds is 5. The third kappa shape index (κ3) is 5.04. The molecule has 0 saturated carbocycles. The number of hydrogen-bond acceptors (Lipinski definition) is 5. The van der Waals surface area contributed by atoms with Gasteiger partial charge in [0.05, 0.1) is 4.90 Å². The zero-order chi connectivity index (χ0) is 17.7. The fourth-order valence-electron chi connectivity index (χ4n) is 1.72. The molecule has 1 aromatic carbocycles. The summed E-state index contributed by atoms with van der Waals surface area (Å²) in [6.07, 6.45) is 1.45. The molecule has 2 N–H and O–H groups in total. The SMILES string of the molecule is CC(C)=CC(=O)Nc1ccc(S(=O)(=O)Nc2ccc(Cl)nn2)cc1. The summed E-state index contributed by atoms with van der Waals surface area (Å²) in [5, 5.41) is 10.0. The van der Waals surface area contributed by atoms with Gasteiger partial charge >= 0.3 is 0 Å². The van der Waals surface area contributed by atoms with Crippen LogP contribution in [0.15, 0.2) is 52.9 Å². The van der Waals surface area contributed by atoms with Crippen molar-refractivity contribution in [3.8, 4) is 0 Å². The number of nitrogens with zero attached hydrogens (tertiary/aromatic N) is 2. The second kappa shape index (κ2) is 7.41. The predicted octanol–water partition coefficient (Wildman–Crippen LogP) is 2.84. The van der Waals surface area contributed by atoms with Crippen LogP contribution >= 0.6 is 11.6 Å². The summed E-state index contributed by atoms with van der Waals surface area (Å²) >= 11 is 5.60. The van der Waals surface area contributed by atoms with E-state index in [1.54, 1.807) is 13.8 Å². The molecule has 1 amide bonds. The molecule has 0 atom stereocenters. The zero-order valence-corrected chi connectivity index (χ0v) is 14.5. The number of anilines is 2. The maximum Gasteiger partial charge on any atom is 0.263 e. The molecule has 7 nitrogen and oxygen atoms in total. The number of benzene rings is 1. The Bertz CT molecular complexity index is 859. The van der Waals surface area contributed by atoms with Crippen molar-refractivity contribution < 1.29 is 13.2 Å². The van der Waals surface area contributed by atoms with Gasteiger partial charge in [0, 0.05) is 11.8 Å². The summed E-state index contributed by atoms with van der Waals surface area (Å²) in [6.45, 7) is 3.61. The number of allylic oxidation sites excluding steroid dienone is 1. The lowest BCUT2D eigenvalue weighted by molar-refractivity contribution is -0.111. The van der Waals surface area contributed by atoms with Gasteiger partial charge < -0.3 is 5.32 Å². The Morgan fingerprint density at radius 2 is 1.75 bits per heavy atom. The molecule has 0 bridgehead atoms. The first-order valence-electron chi connectivity index (χ1n) is 6.84. The van der Waals surface area contributed by atoms with Crippen molar-refractivity contribution in [3.05, 3.63) is 53.2 Å². The standard InChI is InChI=1S/C15H15ClN4O3S/c1-10(2)9-15(21)17-11-3-5-12(6-4-11)24(22,23)20-14-8-7-13(16)18-19-14/h3-9H,1-2H3,(H,17,21)(H,19,20). The molecule has 2 rings (SSSR count). The maximum atomic E-state index is 12.3. The first kappa shape index (κ1) is 17.9. The van der Waals surface area contributed by atoms with E-state index in [4.69, 9.17) is 11.6 Å². The maximum absolute atomic E-state index is 12.3. The molecule has 0 aliphatic rings. The smallest absolute Gasteiger partial charge is 0.263 e. The number of sulfonamides is 1. The van der Waals surface area contributed by atoms with Gasteiger partial charge in [0.2, 0.25) is 5.91 Å². The summed E-state index contributed by atoms with van der Waals surface area (Å²) in [4.78, 5) is 11.7. The fourth-order valence-corrected chi connectivity index (χ4v) is 2.82. The van der Waals surface area contributed by atoms with Crippen LogP contribution < -0.4 is 10.0 Å². The summed E-state index contributed by atoms with van der Waals surface area (Å²) in [7, 11) is -3.81. The highest BCUT2D eigenvalue weighted by Crippen LogP contribution is 2.17. The summed E-state index contributed by atoms with van der Waals surface area (Å²) in [5.41, 5.74) is 1.35. The second-order valence-corrected chi connectivity index (χ2v) is 7.15. The van der Waals surface area contributed by atoms with E-state index in [2.05, 4.69) is 20.2 Å². The van der Waals surface area contributed by atoms with Gasteiger partial charge in [-0.2, -0.15) is 0 Å². The van der Waals surface area contributed by atoms with Crippen LogP contribution in [0.3, 0.4) is 0 Å². The quantitative estimate of drug-likeness (QED) is 0.792. The lowest BCUT2D eigenvalue weighted by atomic mass is 10.3. The van der Waals surface area contributed by atoms with E-state index in [0.717, 1.165) is 5.57 Å². The van der Waals surface area contributed by atoms with Crippen molar-refractivity contribution in [1.82, 2.24) is 10.2 Å². The molecule has 0 spiro atoms. The summed E-state index contributed by atoms with van der Waals surface area (Å²) in [5.74, 6) is -0.222. The number of nitrogens with one attached hydrogen (secondary N) is 2. The molecular formula is C15H15ClN4O3S. The Labute approximate surface area is 144 Å². The number of carbonyl (C=O) groups excluding carboxylic acids is 1. The van der Waals surface area contributed by atoms with Gasteiger partial charge in [-0.1, -0.05) is 17.2 Å². The van der Waals surface area contributed by atoms with E-state index in [0.29, 0.717) is 5.69 Å². The van der Waals surface area contributed by atoms with Crippen LogP contribution in [0.2, 0.25) is 5.15 Å². The van der Waals surface area contributed by atoms with Gasteiger partial charge in [0.25, 0.3) is 10.0 Å². The lowest BCUT2D eigenvalue weighted by Crippen LogP contribution is -2.14. The first-order valence-corrected chi connectivity index (χ1v) is 8.70. The Morgan fingerprint density at radius 1 is 1.08 bits per heavy atom. The Kier molecular flexibility index (Phi) is 5.53. The van der Waals surface area contributed by atoms with Crippen LogP contribution in [0, 0.1) is 0 Å². The molecule has 0 unspecified atom stereocenters. The van der Waals surface area contributed by atoms with Gasteiger partial charge in [0.1, 0.15) is 0 Å².